The van der Waals surface area contributed by atoms with E-state index in [-0.39, 0.29) is 0 Å². The zero-order chi connectivity index (χ0) is 17.1. The monoisotopic (exact) mass is 329 g/mol. The van der Waals surface area contributed by atoms with Crippen LogP contribution < -0.4 is 4.90 Å². The standard InChI is InChI=1S/C18H27N5O/c1-12-16(13(2)22-21-12)6-5-8-23(4)18-10-17(19-14(3)20-18)15-7-9-24-11-15/h10,15H,5-9,11H2,1-4H3,(H,21,22)/t15-/m1/s1. The molecule has 6 heteroatoms. The van der Waals surface area contributed by atoms with Crippen LogP contribution in [0.3, 0.4) is 0 Å². The van der Waals surface area contributed by atoms with Crippen LogP contribution in [-0.4, -0.2) is 47.0 Å². The molecule has 0 saturated carbocycles. The summed E-state index contributed by atoms with van der Waals surface area (Å²) in [5.41, 5.74) is 4.74. The van der Waals surface area contributed by atoms with E-state index in [0.29, 0.717) is 5.92 Å². The first-order valence-corrected chi connectivity index (χ1v) is 8.69. The highest BCUT2D eigenvalue weighted by molar-refractivity contribution is 5.40. The van der Waals surface area contributed by atoms with E-state index in [1.54, 1.807) is 0 Å². The average Bonchev–Trinajstić information content (AvgIpc) is 3.19. The van der Waals surface area contributed by atoms with Crippen LogP contribution >= 0.6 is 0 Å². The number of hydrogen-bond acceptors (Lipinski definition) is 5. The third kappa shape index (κ3) is 3.75. The van der Waals surface area contributed by atoms with Gasteiger partial charge < -0.3 is 9.64 Å². The molecule has 24 heavy (non-hydrogen) atoms. The maximum Gasteiger partial charge on any atom is 0.132 e. The Kier molecular flexibility index (Phi) is 5.14. The Labute approximate surface area is 143 Å². The number of nitrogens with zero attached hydrogens (tertiary/aromatic N) is 4. The van der Waals surface area contributed by atoms with Crippen LogP contribution in [0.1, 0.15) is 47.2 Å². The Morgan fingerprint density at radius 2 is 2.12 bits per heavy atom. The molecule has 0 radical (unpaired) electrons. The minimum absolute atomic E-state index is 0.412. The molecule has 1 N–H and O–H groups in total. The van der Waals surface area contributed by atoms with Gasteiger partial charge in [0.1, 0.15) is 11.6 Å². The Bertz CT molecular complexity index is 671. The topological polar surface area (TPSA) is 66.9 Å². The fraction of sp³-hybridized carbons (Fsp3) is 0.611. The van der Waals surface area contributed by atoms with E-state index in [9.17, 15) is 0 Å². The molecule has 0 amide bonds. The minimum atomic E-state index is 0.412. The van der Waals surface area contributed by atoms with Gasteiger partial charge in [0.05, 0.1) is 18.0 Å². The minimum Gasteiger partial charge on any atom is -0.381 e. The van der Waals surface area contributed by atoms with Crippen LogP contribution in [0.15, 0.2) is 6.07 Å². The van der Waals surface area contributed by atoms with Gasteiger partial charge in [-0.1, -0.05) is 0 Å². The van der Waals surface area contributed by atoms with E-state index in [4.69, 9.17) is 4.74 Å². The van der Waals surface area contributed by atoms with Crippen molar-refractivity contribution in [2.75, 3.05) is 31.7 Å². The third-order valence-corrected chi connectivity index (χ3v) is 4.78. The van der Waals surface area contributed by atoms with Crippen molar-refractivity contribution in [1.82, 2.24) is 20.2 Å². The van der Waals surface area contributed by atoms with E-state index < -0.39 is 0 Å². The SMILES string of the molecule is Cc1nc([C@@H]2CCOC2)cc(N(C)CCCc2c(C)n[nH]c2C)n1. The van der Waals surface area contributed by atoms with Gasteiger partial charge in [0, 0.05) is 37.9 Å². The van der Waals surface area contributed by atoms with Gasteiger partial charge in [-0.05, 0) is 45.6 Å². The first kappa shape index (κ1) is 16.9. The van der Waals surface area contributed by atoms with Crippen molar-refractivity contribution in [3.8, 4) is 0 Å². The number of ether oxygens (including phenoxy) is 1. The first-order chi connectivity index (χ1) is 11.5. The molecule has 0 spiro atoms. The Balaban J connectivity index is 1.63. The van der Waals surface area contributed by atoms with Crippen molar-refractivity contribution in [3.05, 3.63) is 34.5 Å². The predicted octanol–water partition coefficient (Wildman–Crippen LogP) is 2.70. The zero-order valence-corrected chi connectivity index (χ0v) is 15.1. The van der Waals surface area contributed by atoms with Crippen LogP contribution in [0.4, 0.5) is 5.82 Å². The summed E-state index contributed by atoms with van der Waals surface area (Å²) in [4.78, 5) is 11.4. The number of aryl methyl sites for hydroxylation is 3. The van der Waals surface area contributed by atoms with Crippen LogP contribution in [0, 0.1) is 20.8 Å². The summed E-state index contributed by atoms with van der Waals surface area (Å²) in [7, 11) is 2.10. The molecule has 0 bridgehead atoms. The van der Waals surface area contributed by atoms with Crippen LogP contribution in [0.25, 0.3) is 0 Å². The number of nitrogens with one attached hydrogen (secondary N) is 1. The smallest absolute Gasteiger partial charge is 0.132 e. The molecule has 0 aliphatic carbocycles. The Morgan fingerprint density at radius 3 is 2.79 bits per heavy atom. The lowest BCUT2D eigenvalue weighted by Crippen LogP contribution is -2.21. The quantitative estimate of drug-likeness (QED) is 0.882. The summed E-state index contributed by atoms with van der Waals surface area (Å²) in [6, 6.07) is 2.13. The first-order valence-electron chi connectivity index (χ1n) is 8.69. The van der Waals surface area contributed by atoms with E-state index in [1.807, 2.05) is 6.92 Å². The largest absolute Gasteiger partial charge is 0.381 e. The van der Waals surface area contributed by atoms with Gasteiger partial charge in [-0.25, -0.2) is 9.97 Å². The molecule has 2 aromatic heterocycles. The van der Waals surface area contributed by atoms with Gasteiger partial charge in [-0.15, -0.1) is 0 Å². The summed E-state index contributed by atoms with van der Waals surface area (Å²) in [5.74, 6) is 2.25. The summed E-state index contributed by atoms with van der Waals surface area (Å²) in [6.07, 6.45) is 3.16. The highest BCUT2D eigenvalue weighted by Gasteiger charge is 2.20. The van der Waals surface area contributed by atoms with Crippen molar-refractivity contribution in [3.63, 3.8) is 0 Å². The fourth-order valence-corrected chi connectivity index (χ4v) is 3.30. The highest BCUT2D eigenvalue weighted by Crippen LogP contribution is 2.26. The second-order valence-electron chi connectivity index (χ2n) is 6.70. The second kappa shape index (κ2) is 7.30. The lowest BCUT2D eigenvalue weighted by Gasteiger charge is -2.20. The molecule has 2 aromatic rings. The maximum atomic E-state index is 5.50. The van der Waals surface area contributed by atoms with Crippen LogP contribution in [0.2, 0.25) is 0 Å². The molecule has 0 aromatic carbocycles. The maximum absolute atomic E-state index is 5.50. The van der Waals surface area contributed by atoms with Crippen molar-refractivity contribution in [1.29, 1.82) is 0 Å². The normalized spacial score (nSPS) is 17.4. The Morgan fingerprint density at radius 1 is 1.29 bits per heavy atom. The summed E-state index contributed by atoms with van der Waals surface area (Å²) in [5, 5.41) is 7.33. The second-order valence-corrected chi connectivity index (χ2v) is 6.70. The zero-order valence-electron chi connectivity index (χ0n) is 15.1. The molecule has 1 aliphatic heterocycles. The number of H-pyrrole nitrogens is 1. The van der Waals surface area contributed by atoms with Crippen LogP contribution in [-0.2, 0) is 11.2 Å². The van der Waals surface area contributed by atoms with Crippen molar-refractivity contribution < 1.29 is 4.74 Å². The lowest BCUT2D eigenvalue weighted by molar-refractivity contribution is 0.193. The van der Waals surface area contributed by atoms with E-state index in [0.717, 1.165) is 62.1 Å². The van der Waals surface area contributed by atoms with Gasteiger partial charge in [0.15, 0.2) is 0 Å². The molecule has 1 saturated heterocycles. The number of aromatic nitrogens is 4. The van der Waals surface area contributed by atoms with Gasteiger partial charge >= 0.3 is 0 Å². The van der Waals surface area contributed by atoms with Gasteiger partial charge in [0.2, 0.25) is 0 Å². The van der Waals surface area contributed by atoms with Gasteiger partial charge in [0.25, 0.3) is 0 Å². The van der Waals surface area contributed by atoms with Crippen molar-refractivity contribution >= 4 is 5.82 Å². The molecule has 130 valence electrons. The van der Waals surface area contributed by atoms with Crippen molar-refractivity contribution in [2.45, 2.75) is 46.0 Å². The molecule has 6 nitrogen and oxygen atoms in total. The summed E-state index contributed by atoms with van der Waals surface area (Å²) >= 11 is 0. The van der Waals surface area contributed by atoms with E-state index in [1.165, 1.54) is 11.3 Å². The molecule has 3 rings (SSSR count). The van der Waals surface area contributed by atoms with E-state index >= 15 is 0 Å². The molecule has 3 heterocycles. The molecular weight excluding hydrogens is 302 g/mol. The number of aromatic amines is 1. The number of anilines is 1. The van der Waals surface area contributed by atoms with Gasteiger partial charge in [-0.2, -0.15) is 5.10 Å². The molecule has 0 unspecified atom stereocenters. The molecule has 1 fully saturated rings. The fourth-order valence-electron chi connectivity index (χ4n) is 3.30. The van der Waals surface area contributed by atoms with Gasteiger partial charge in [-0.3, -0.25) is 5.10 Å². The van der Waals surface area contributed by atoms with Crippen molar-refractivity contribution in [2.24, 2.45) is 0 Å². The Hall–Kier alpha value is -1.95. The third-order valence-electron chi connectivity index (χ3n) is 4.78. The van der Waals surface area contributed by atoms with Crippen LogP contribution in [0.5, 0.6) is 0 Å². The molecular formula is C18H27N5O. The highest BCUT2D eigenvalue weighted by atomic mass is 16.5. The molecule has 1 atom stereocenters. The lowest BCUT2D eigenvalue weighted by atomic mass is 10.0. The predicted molar refractivity (Wildman–Crippen MR) is 94.6 cm³/mol. The van der Waals surface area contributed by atoms with E-state index in [2.05, 4.69) is 52.0 Å². The summed E-state index contributed by atoms with van der Waals surface area (Å²) < 4.78 is 5.50. The number of rotatable bonds is 6. The summed E-state index contributed by atoms with van der Waals surface area (Å²) in [6.45, 7) is 8.69. The number of hydrogen-bond donors (Lipinski definition) is 1. The molecule has 1 aliphatic rings. The average molecular weight is 329 g/mol.